The number of carbonyl (C=O) groups is 1. The van der Waals surface area contributed by atoms with E-state index in [-0.39, 0.29) is 5.91 Å². The number of carbonyl (C=O) groups excluding carboxylic acids is 1. The van der Waals surface area contributed by atoms with E-state index < -0.39 is 6.10 Å². The van der Waals surface area contributed by atoms with Crippen LogP contribution in [0.15, 0.2) is 43.1 Å². The van der Waals surface area contributed by atoms with Crippen LogP contribution in [0.5, 0.6) is 5.75 Å². The fourth-order valence-electron chi connectivity index (χ4n) is 3.77. The van der Waals surface area contributed by atoms with Gasteiger partial charge in [-0.25, -0.2) is 19.9 Å². The third-order valence-electron chi connectivity index (χ3n) is 5.38. The quantitative estimate of drug-likeness (QED) is 0.605. The second-order valence-corrected chi connectivity index (χ2v) is 7.76. The molecule has 2 aromatic heterocycles. The Morgan fingerprint density at radius 3 is 2.72 bits per heavy atom. The van der Waals surface area contributed by atoms with Gasteiger partial charge in [0.2, 0.25) is 5.95 Å². The van der Waals surface area contributed by atoms with Gasteiger partial charge in [0.05, 0.1) is 31.5 Å². The number of para-hydroxylation sites is 1. The first-order valence-corrected chi connectivity index (χ1v) is 10.3. The highest BCUT2D eigenvalue weighted by Gasteiger charge is 2.31. The van der Waals surface area contributed by atoms with Crippen molar-refractivity contribution in [2.24, 2.45) is 0 Å². The molecule has 0 unspecified atom stereocenters. The van der Waals surface area contributed by atoms with Crippen molar-refractivity contribution >= 4 is 11.9 Å². The Morgan fingerprint density at radius 1 is 1.22 bits per heavy atom. The second kappa shape index (κ2) is 9.27. The van der Waals surface area contributed by atoms with Gasteiger partial charge in [-0.1, -0.05) is 12.1 Å². The maximum Gasteiger partial charge on any atom is 0.257 e. The molecular weight excluding hydrogens is 408 g/mol. The number of nitrogens with zero attached hydrogens (tertiary/aromatic N) is 6. The molecule has 1 aliphatic rings. The van der Waals surface area contributed by atoms with Crippen molar-refractivity contribution in [2.75, 3.05) is 45.8 Å². The first-order valence-electron chi connectivity index (χ1n) is 10.3. The summed E-state index contributed by atoms with van der Waals surface area (Å²) in [5.41, 5.74) is 3.73. The normalized spacial score (nSPS) is 16.0. The lowest BCUT2D eigenvalue weighted by atomic mass is 10.0. The van der Waals surface area contributed by atoms with Crippen LogP contribution in [0.1, 0.15) is 27.7 Å². The highest BCUT2D eigenvalue weighted by atomic mass is 16.5. The van der Waals surface area contributed by atoms with Crippen molar-refractivity contribution in [1.29, 1.82) is 0 Å². The third kappa shape index (κ3) is 4.24. The lowest BCUT2D eigenvalue weighted by Gasteiger charge is -2.34. The van der Waals surface area contributed by atoms with Crippen molar-refractivity contribution in [2.45, 2.75) is 13.0 Å². The Morgan fingerprint density at radius 2 is 2.00 bits per heavy atom. The van der Waals surface area contributed by atoms with E-state index in [2.05, 4.69) is 15.0 Å². The van der Waals surface area contributed by atoms with Crippen LogP contribution in [0, 0.1) is 6.92 Å². The molecule has 0 bridgehead atoms. The van der Waals surface area contributed by atoms with Crippen LogP contribution in [-0.4, -0.2) is 71.6 Å². The van der Waals surface area contributed by atoms with Crippen molar-refractivity contribution in [1.82, 2.24) is 24.8 Å². The topological polar surface area (TPSA) is 93.6 Å². The van der Waals surface area contributed by atoms with Crippen molar-refractivity contribution in [3.63, 3.8) is 0 Å². The number of aryl methyl sites for hydroxylation is 1. The molecule has 0 saturated carbocycles. The number of benzene rings is 1. The summed E-state index contributed by atoms with van der Waals surface area (Å²) in [5, 5.41) is 0. The molecule has 1 aromatic carbocycles. The SMILES string of the molecule is COc1c(C)cccc1C(=O)N1CCO[C@@H](c2nc(N(C)C)ncc2-c2cncnc2)C1. The van der Waals surface area contributed by atoms with E-state index >= 15 is 0 Å². The summed E-state index contributed by atoms with van der Waals surface area (Å²) >= 11 is 0. The van der Waals surface area contributed by atoms with Crippen LogP contribution >= 0.6 is 0 Å². The molecule has 1 atom stereocenters. The third-order valence-corrected chi connectivity index (χ3v) is 5.38. The van der Waals surface area contributed by atoms with E-state index in [1.165, 1.54) is 6.33 Å². The van der Waals surface area contributed by atoms with Crippen LogP contribution in [-0.2, 0) is 4.74 Å². The highest BCUT2D eigenvalue weighted by Crippen LogP contribution is 2.32. The number of hydrogen-bond acceptors (Lipinski definition) is 8. The van der Waals surface area contributed by atoms with Gasteiger partial charge in [-0.15, -0.1) is 0 Å². The predicted octanol–water partition coefficient (Wildman–Crippen LogP) is 2.53. The molecule has 1 aliphatic heterocycles. The minimum atomic E-state index is -0.416. The predicted molar refractivity (Wildman–Crippen MR) is 120 cm³/mol. The molecule has 0 radical (unpaired) electrons. The van der Waals surface area contributed by atoms with Gasteiger partial charge in [-0.3, -0.25) is 4.79 Å². The van der Waals surface area contributed by atoms with Crippen LogP contribution in [0.4, 0.5) is 5.95 Å². The van der Waals surface area contributed by atoms with Crippen molar-refractivity contribution < 1.29 is 14.3 Å². The minimum absolute atomic E-state index is 0.0923. The van der Waals surface area contributed by atoms with Gasteiger partial charge in [-0.2, -0.15) is 0 Å². The molecule has 4 rings (SSSR count). The largest absolute Gasteiger partial charge is 0.496 e. The molecule has 32 heavy (non-hydrogen) atoms. The van der Waals surface area contributed by atoms with Gasteiger partial charge in [0.15, 0.2) is 0 Å². The van der Waals surface area contributed by atoms with Crippen LogP contribution < -0.4 is 9.64 Å². The molecule has 1 fully saturated rings. The van der Waals surface area contributed by atoms with E-state index in [9.17, 15) is 4.79 Å². The number of anilines is 1. The zero-order chi connectivity index (χ0) is 22.7. The summed E-state index contributed by atoms with van der Waals surface area (Å²) in [5.74, 6) is 1.07. The van der Waals surface area contributed by atoms with Gasteiger partial charge >= 0.3 is 0 Å². The Kier molecular flexibility index (Phi) is 6.27. The summed E-state index contributed by atoms with van der Waals surface area (Å²) < 4.78 is 11.6. The highest BCUT2D eigenvalue weighted by molar-refractivity contribution is 5.97. The summed E-state index contributed by atoms with van der Waals surface area (Å²) in [6, 6.07) is 5.58. The van der Waals surface area contributed by atoms with Gasteiger partial charge in [-0.05, 0) is 18.6 Å². The van der Waals surface area contributed by atoms with Gasteiger partial charge < -0.3 is 19.3 Å². The van der Waals surface area contributed by atoms with Crippen molar-refractivity contribution in [3.8, 4) is 16.9 Å². The molecular formula is C23H26N6O3. The molecule has 1 saturated heterocycles. The Labute approximate surface area is 187 Å². The van der Waals surface area contributed by atoms with E-state index in [1.807, 2.05) is 38.1 Å². The average Bonchev–Trinajstić information content (AvgIpc) is 2.83. The molecule has 1 amide bonds. The average molecular weight is 435 g/mol. The molecule has 0 N–H and O–H groups in total. The van der Waals surface area contributed by atoms with E-state index in [4.69, 9.17) is 14.5 Å². The summed E-state index contributed by atoms with van der Waals surface area (Å²) in [7, 11) is 5.34. The molecule has 9 heteroatoms. The van der Waals surface area contributed by atoms with Crippen LogP contribution in [0.3, 0.4) is 0 Å². The fourth-order valence-corrected chi connectivity index (χ4v) is 3.77. The summed E-state index contributed by atoms with van der Waals surface area (Å²) in [4.78, 5) is 34.4. The maximum atomic E-state index is 13.4. The van der Waals surface area contributed by atoms with Crippen LogP contribution in [0.25, 0.3) is 11.1 Å². The molecule has 3 heterocycles. The lowest BCUT2D eigenvalue weighted by Crippen LogP contribution is -2.42. The Bertz CT molecular complexity index is 1110. The summed E-state index contributed by atoms with van der Waals surface area (Å²) in [6.07, 6.45) is 6.25. The molecule has 3 aromatic rings. The smallest absolute Gasteiger partial charge is 0.257 e. The minimum Gasteiger partial charge on any atom is -0.496 e. The van der Waals surface area contributed by atoms with Gasteiger partial charge in [0.25, 0.3) is 5.91 Å². The van der Waals surface area contributed by atoms with E-state index in [0.717, 1.165) is 16.7 Å². The monoisotopic (exact) mass is 434 g/mol. The second-order valence-electron chi connectivity index (χ2n) is 7.76. The number of rotatable bonds is 5. The molecule has 9 nitrogen and oxygen atoms in total. The first-order chi connectivity index (χ1) is 15.5. The maximum absolute atomic E-state index is 13.4. The molecule has 0 aliphatic carbocycles. The Hall–Kier alpha value is -3.59. The van der Waals surface area contributed by atoms with E-state index in [1.54, 1.807) is 36.7 Å². The number of ether oxygens (including phenoxy) is 2. The first kappa shape index (κ1) is 21.6. The zero-order valence-electron chi connectivity index (χ0n) is 18.6. The summed E-state index contributed by atoms with van der Waals surface area (Å²) in [6.45, 7) is 3.18. The number of hydrogen-bond donors (Lipinski definition) is 0. The van der Waals surface area contributed by atoms with Crippen LogP contribution in [0.2, 0.25) is 0 Å². The lowest BCUT2D eigenvalue weighted by molar-refractivity contribution is -0.0245. The Balaban J connectivity index is 1.68. The van der Waals surface area contributed by atoms with Gasteiger partial charge in [0.1, 0.15) is 18.2 Å². The van der Waals surface area contributed by atoms with Gasteiger partial charge in [0, 0.05) is 50.4 Å². The van der Waals surface area contributed by atoms with E-state index in [0.29, 0.717) is 42.7 Å². The number of methoxy groups -OCH3 is 1. The number of aromatic nitrogens is 4. The molecule has 166 valence electrons. The number of amides is 1. The fraction of sp³-hybridized carbons (Fsp3) is 0.348. The zero-order valence-corrected chi connectivity index (χ0v) is 18.6. The standard InChI is InChI=1S/C23H26N6O3/c1-15-6-5-7-17(21(15)31-4)22(30)29-8-9-32-19(13-29)20-18(16-10-24-14-25-11-16)12-26-23(27-20)28(2)3/h5-7,10-12,14,19H,8-9,13H2,1-4H3/t19-/m1/s1. The number of morpholine rings is 1. The molecule has 0 spiro atoms. The van der Waals surface area contributed by atoms with Crippen molar-refractivity contribution in [3.05, 3.63) is 59.9 Å².